The lowest BCUT2D eigenvalue weighted by atomic mass is 10.1. The zero-order valence-electron chi connectivity index (χ0n) is 18.6. The number of ether oxygens (including phenoxy) is 1. The van der Waals surface area contributed by atoms with Crippen LogP contribution < -0.4 is 5.32 Å². The first-order valence-electron chi connectivity index (χ1n) is 10.5. The quantitative estimate of drug-likeness (QED) is 0.405. The minimum atomic E-state index is -4.61. The largest absolute Gasteiger partial charge is 0.461 e. The van der Waals surface area contributed by atoms with Crippen molar-refractivity contribution in [2.24, 2.45) is 0 Å². The molecule has 1 fully saturated rings. The summed E-state index contributed by atoms with van der Waals surface area (Å²) < 4.78 is 71.5. The van der Waals surface area contributed by atoms with E-state index >= 15 is 0 Å². The average Bonchev–Trinajstić information content (AvgIpc) is 3.39. The van der Waals surface area contributed by atoms with Gasteiger partial charge in [0.05, 0.1) is 11.5 Å². The summed E-state index contributed by atoms with van der Waals surface area (Å²) in [5.74, 6) is -1.74. The minimum absolute atomic E-state index is 0.0228. The molecule has 0 bridgehead atoms. The summed E-state index contributed by atoms with van der Waals surface area (Å²) in [6.07, 6.45) is -5.22. The van der Waals surface area contributed by atoms with E-state index in [9.17, 15) is 31.5 Å². The molecule has 34 heavy (non-hydrogen) atoms. The standard InChI is InChI=1S/C21H23F5N4O3S/c1-4-33-20(32)18-29-15(19(31)30-7-5-6-10(30)2)16(34-18)13-9-27-14(8-12(13)17(22)23)28-11(3)21(24,25)26/h8-11,17H,4-7H2,1-3H3,(H,27,28)/t10-,11+/m0/s1. The van der Waals surface area contributed by atoms with Crippen LogP contribution in [-0.4, -0.2) is 58.2 Å². The molecule has 1 saturated heterocycles. The molecule has 2 atom stereocenters. The van der Waals surface area contributed by atoms with Gasteiger partial charge in [0.2, 0.25) is 5.01 Å². The maximum absolute atomic E-state index is 14.0. The second-order valence-electron chi connectivity index (χ2n) is 7.77. The van der Waals surface area contributed by atoms with Crippen molar-refractivity contribution >= 4 is 29.0 Å². The molecule has 0 radical (unpaired) electrons. The Morgan fingerprint density at radius 1 is 1.35 bits per heavy atom. The summed E-state index contributed by atoms with van der Waals surface area (Å²) in [5, 5.41) is 1.86. The van der Waals surface area contributed by atoms with Crippen molar-refractivity contribution in [2.45, 2.75) is 58.3 Å². The van der Waals surface area contributed by atoms with Crippen LogP contribution in [-0.2, 0) is 4.74 Å². The van der Waals surface area contributed by atoms with Gasteiger partial charge in [-0.25, -0.2) is 23.5 Å². The molecular formula is C21H23F5N4O3S. The van der Waals surface area contributed by atoms with Gasteiger partial charge in [-0.2, -0.15) is 13.2 Å². The van der Waals surface area contributed by atoms with Crippen LogP contribution in [0.1, 0.15) is 65.9 Å². The molecule has 7 nitrogen and oxygen atoms in total. The fraction of sp³-hybridized carbons (Fsp3) is 0.524. The summed E-state index contributed by atoms with van der Waals surface area (Å²) in [7, 11) is 0. The molecular weight excluding hydrogens is 483 g/mol. The summed E-state index contributed by atoms with van der Waals surface area (Å²) in [6, 6.07) is -1.32. The Balaban J connectivity index is 2.09. The number of nitrogens with zero attached hydrogens (tertiary/aromatic N) is 3. The van der Waals surface area contributed by atoms with Gasteiger partial charge in [0, 0.05) is 29.9 Å². The first-order chi connectivity index (χ1) is 15.9. The van der Waals surface area contributed by atoms with E-state index < -0.39 is 41.9 Å². The van der Waals surface area contributed by atoms with Gasteiger partial charge >= 0.3 is 12.1 Å². The highest BCUT2D eigenvalue weighted by Crippen LogP contribution is 2.39. The predicted molar refractivity (Wildman–Crippen MR) is 115 cm³/mol. The zero-order valence-corrected chi connectivity index (χ0v) is 19.4. The number of likely N-dealkylation sites (tertiary alicyclic amines) is 1. The molecule has 1 N–H and O–H groups in total. The molecule has 0 saturated carbocycles. The van der Waals surface area contributed by atoms with Gasteiger partial charge in [-0.15, -0.1) is 11.3 Å². The molecule has 1 aliphatic heterocycles. The van der Waals surface area contributed by atoms with E-state index in [0.717, 1.165) is 32.0 Å². The number of hydrogen-bond acceptors (Lipinski definition) is 7. The SMILES string of the molecule is CCOC(=O)c1nc(C(=O)N2CCC[C@@H]2C)c(-c2cnc(N[C@H](C)C(F)(F)F)cc2C(F)F)s1. The Labute approximate surface area is 196 Å². The third-order valence-electron chi connectivity index (χ3n) is 5.36. The number of anilines is 1. The lowest BCUT2D eigenvalue weighted by Gasteiger charge is -2.21. The average molecular weight is 506 g/mol. The van der Waals surface area contributed by atoms with Crippen molar-refractivity contribution in [3.8, 4) is 10.4 Å². The van der Waals surface area contributed by atoms with Crippen LogP contribution in [0.25, 0.3) is 10.4 Å². The highest BCUT2D eigenvalue weighted by molar-refractivity contribution is 7.17. The summed E-state index contributed by atoms with van der Waals surface area (Å²) >= 11 is 0.698. The lowest BCUT2D eigenvalue weighted by Crippen LogP contribution is -2.34. The maximum atomic E-state index is 14.0. The van der Waals surface area contributed by atoms with E-state index in [4.69, 9.17) is 4.74 Å². The first-order valence-corrected chi connectivity index (χ1v) is 11.4. The predicted octanol–water partition coefficient (Wildman–Crippen LogP) is 5.31. The van der Waals surface area contributed by atoms with Crippen LogP contribution in [0.3, 0.4) is 0 Å². The second-order valence-corrected chi connectivity index (χ2v) is 8.77. The van der Waals surface area contributed by atoms with Crippen molar-refractivity contribution in [3.63, 3.8) is 0 Å². The molecule has 1 aliphatic rings. The third kappa shape index (κ3) is 5.45. The number of nitrogens with one attached hydrogen (secondary N) is 1. The van der Waals surface area contributed by atoms with Crippen LogP contribution in [0.15, 0.2) is 12.3 Å². The first kappa shape index (κ1) is 25.8. The Kier molecular flexibility index (Phi) is 7.74. The molecule has 1 amide bonds. The number of pyridine rings is 1. The number of thiazole rings is 1. The molecule has 3 heterocycles. The zero-order chi connectivity index (χ0) is 25.2. The summed E-state index contributed by atoms with van der Waals surface area (Å²) in [4.78, 5) is 35.0. The summed E-state index contributed by atoms with van der Waals surface area (Å²) in [5.41, 5.74) is -1.03. The number of hydrogen-bond donors (Lipinski definition) is 1. The Morgan fingerprint density at radius 2 is 2.06 bits per heavy atom. The van der Waals surface area contributed by atoms with Crippen LogP contribution in [0, 0.1) is 0 Å². The molecule has 2 aromatic rings. The van der Waals surface area contributed by atoms with E-state index in [1.807, 2.05) is 6.92 Å². The Hall–Kier alpha value is -2.83. The number of halogens is 5. The van der Waals surface area contributed by atoms with Gasteiger partial charge in [0.15, 0.2) is 0 Å². The second kappa shape index (κ2) is 10.2. The molecule has 0 aliphatic carbocycles. The smallest absolute Gasteiger partial charge is 0.408 e. The van der Waals surface area contributed by atoms with Gasteiger partial charge < -0.3 is 15.0 Å². The monoisotopic (exact) mass is 506 g/mol. The van der Waals surface area contributed by atoms with E-state index in [2.05, 4.69) is 15.3 Å². The van der Waals surface area contributed by atoms with Crippen LogP contribution >= 0.6 is 11.3 Å². The molecule has 0 aromatic carbocycles. The number of amides is 1. The molecule has 0 spiro atoms. The Bertz CT molecular complexity index is 1060. The highest BCUT2D eigenvalue weighted by Gasteiger charge is 2.37. The third-order valence-corrected chi connectivity index (χ3v) is 6.43. The number of esters is 1. The molecule has 186 valence electrons. The number of carbonyl (C=O) groups is 2. The minimum Gasteiger partial charge on any atom is -0.461 e. The van der Waals surface area contributed by atoms with E-state index in [-0.39, 0.29) is 33.8 Å². The summed E-state index contributed by atoms with van der Waals surface area (Å²) in [6.45, 7) is 4.75. The van der Waals surface area contributed by atoms with Crippen LogP contribution in [0.5, 0.6) is 0 Å². The van der Waals surface area contributed by atoms with Gasteiger partial charge in [-0.3, -0.25) is 4.79 Å². The van der Waals surface area contributed by atoms with Gasteiger partial charge in [0.25, 0.3) is 12.3 Å². The fourth-order valence-electron chi connectivity index (χ4n) is 3.52. The van der Waals surface area contributed by atoms with E-state index in [1.54, 1.807) is 11.8 Å². The molecule has 2 aromatic heterocycles. The normalized spacial score (nSPS) is 17.2. The lowest BCUT2D eigenvalue weighted by molar-refractivity contribution is -0.138. The van der Waals surface area contributed by atoms with Crippen molar-refractivity contribution < 1.29 is 36.3 Å². The number of alkyl halides is 5. The van der Waals surface area contributed by atoms with Crippen LogP contribution in [0.4, 0.5) is 27.8 Å². The number of carbonyl (C=O) groups excluding carboxylic acids is 2. The fourth-order valence-corrected chi connectivity index (χ4v) is 4.51. The molecule has 0 unspecified atom stereocenters. The highest BCUT2D eigenvalue weighted by atomic mass is 32.1. The van der Waals surface area contributed by atoms with Crippen molar-refractivity contribution in [1.82, 2.24) is 14.9 Å². The van der Waals surface area contributed by atoms with E-state index in [1.165, 1.54) is 0 Å². The molecule has 13 heteroatoms. The van der Waals surface area contributed by atoms with Crippen molar-refractivity contribution in [1.29, 1.82) is 0 Å². The van der Waals surface area contributed by atoms with Crippen LogP contribution in [0.2, 0.25) is 0 Å². The molecule has 3 rings (SSSR count). The maximum Gasteiger partial charge on any atom is 0.408 e. The topological polar surface area (TPSA) is 84.4 Å². The van der Waals surface area contributed by atoms with Crippen molar-refractivity contribution in [3.05, 3.63) is 28.5 Å². The Morgan fingerprint density at radius 3 is 2.62 bits per heavy atom. The van der Waals surface area contributed by atoms with Gasteiger partial charge in [-0.05, 0) is 39.7 Å². The van der Waals surface area contributed by atoms with Gasteiger partial charge in [-0.1, -0.05) is 0 Å². The van der Waals surface area contributed by atoms with Gasteiger partial charge in [0.1, 0.15) is 17.6 Å². The van der Waals surface area contributed by atoms with E-state index in [0.29, 0.717) is 17.9 Å². The number of rotatable bonds is 7. The van der Waals surface area contributed by atoms with Crippen molar-refractivity contribution in [2.75, 3.05) is 18.5 Å². The number of aromatic nitrogens is 2.